The molecular formula is C13H19BrO3S. The van der Waals surface area contributed by atoms with Crippen molar-refractivity contribution < 1.29 is 13.5 Å². The number of rotatable bonds is 5. The van der Waals surface area contributed by atoms with Gasteiger partial charge in [0.05, 0.1) is 0 Å². The van der Waals surface area contributed by atoms with Crippen LogP contribution in [0.4, 0.5) is 0 Å². The average molecular weight is 335 g/mol. The summed E-state index contributed by atoms with van der Waals surface area (Å²) in [4.78, 5) is 0. The highest BCUT2D eigenvalue weighted by molar-refractivity contribution is 9.11. The molecule has 0 unspecified atom stereocenters. The van der Waals surface area contributed by atoms with Crippen molar-refractivity contribution in [3.63, 3.8) is 0 Å². The minimum atomic E-state index is -3.41. The summed E-state index contributed by atoms with van der Waals surface area (Å²) in [5, 5.41) is 10.5. The lowest BCUT2D eigenvalue weighted by atomic mass is 10.00. The number of hydrogen-bond acceptors (Lipinski definition) is 3. The number of sulfone groups is 1. The van der Waals surface area contributed by atoms with Gasteiger partial charge in [0.2, 0.25) is 0 Å². The number of alkyl halides is 1. The van der Waals surface area contributed by atoms with Gasteiger partial charge in [-0.05, 0) is 24.5 Å². The SMILES string of the molecule is CC[C@](Br)([C@H](O)c1ccccc1C)S(=O)(=O)CC. The molecule has 0 amide bonds. The number of aliphatic hydroxyl groups is 1. The smallest absolute Gasteiger partial charge is 0.168 e. The second-order valence-electron chi connectivity index (χ2n) is 4.30. The molecule has 0 fully saturated rings. The van der Waals surface area contributed by atoms with Gasteiger partial charge < -0.3 is 5.11 Å². The van der Waals surface area contributed by atoms with Crippen LogP contribution in [-0.2, 0) is 9.84 Å². The zero-order valence-electron chi connectivity index (χ0n) is 10.9. The normalized spacial score (nSPS) is 17.2. The minimum absolute atomic E-state index is 0.00493. The lowest BCUT2D eigenvalue weighted by molar-refractivity contribution is 0.159. The van der Waals surface area contributed by atoms with Gasteiger partial charge >= 0.3 is 0 Å². The molecule has 0 heterocycles. The van der Waals surface area contributed by atoms with Crippen LogP contribution in [0.1, 0.15) is 37.5 Å². The van der Waals surface area contributed by atoms with E-state index in [4.69, 9.17) is 0 Å². The second-order valence-corrected chi connectivity index (χ2v) is 8.78. The first-order valence-corrected chi connectivity index (χ1v) is 8.39. The third-order valence-corrected chi connectivity index (χ3v) is 8.05. The van der Waals surface area contributed by atoms with E-state index in [9.17, 15) is 13.5 Å². The molecular weight excluding hydrogens is 316 g/mol. The van der Waals surface area contributed by atoms with Gasteiger partial charge in [0.1, 0.15) is 6.10 Å². The summed E-state index contributed by atoms with van der Waals surface area (Å²) in [6, 6.07) is 7.28. The van der Waals surface area contributed by atoms with Gasteiger partial charge in [-0.15, -0.1) is 0 Å². The van der Waals surface area contributed by atoms with Crippen LogP contribution in [0.25, 0.3) is 0 Å². The van der Waals surface area contributed by atoms with Crippen molar-refractivity contribution >= 4 is 25.8 Å². The molecule has 18 heavy (non-hydrogen) atoms. The quantitative estimate of drug-likeness (QED) is 0.842. The first-order valence-electron chi connectivity index (χ1n) is 5.95. The molecule has 5 heteroatoms. The van der Waals surface area contributed by atoms with E-state index in [1.54, 1.807) is 26.0 Å². The van der Waals surface area contributed by atoms with Crippen LogP contribution in [0.2, 0.25) is 0 Å². The van der Waals surface area contributed by atoms with E-state index in [0.717, 1.165) is 5.56 Å². The van der Waals surface area contributed by atoms with E-state index in [2.05, 4.69) is 15.9 Å². The van der Waals surface area contributed by atoms with Gasteiger partial charge in [0, 0.05) is 5.75 Å². The van der Waals surface area contributed by atoms with Gasteiger partial charge in [-0.1, -0.05) is 54.0 Å². The molecule has 0 saturated carbocycles. The molecule has 1 N–H and O–H groups in total. The summed E-state index contributed by atoms with van der Waals surface area (Å²) in [5.74, 6) is -0.00493. The predicted octanol–water partition coefficient (Wildman–Crippen LogP) is 2.96. The molecule has 1 aromatic rings. The molecule has 2 atom stereocenters. The van der Waals surface area contributed by atoms with Crippen molar-refractivity contribution in [2.24, 2.45) is 0 Å². The number of hydrogen-bond donors (Lipinski definition) is 1. The second kappa shape index (κ2) is 5.72. The third kappa shape index (κ3) is 2.63. The van der Waals surface area contributed by atoms with Gasteiger partial charge in [0.25, 0.3) is 0 Å². The van der Waals surface area contributed by atoms with Crippen molar-refractivity contribution in [1.82, 2.24) is 0 Å². The monoisotopic (exact) mass is 334 g/mol. The summed E-state index contributed by atoms with van der Waals surface area (Å²) >= 11 is 3.26. The van der Waals surface area contributed by atoms with Gasteiger partial charge in [-0.2, -0.15) is 0 Å². The van der Waals surface area contributed by atoms with Crippen LogP contribution in [0.5, 0.6) is 0 Å². The Bertz CT molecular complexity index is 513. The summed E-state index contributed by atoms with van der Waals surface area (Å²) < 4.78 is 23.0. The van der Waals surface area contributed by atoms with Crippen LogP contribution in [-0.4, -0.2) is 22.9 Å². The predicted molar refractivity (Wildman–Crippen MR) is 77.5 cm³/mol. The van der Waals surface area contributed by atoms with Crippen molar-refractivity contribution in [3.05, 3.63) is 35.4 Å². The van der Waals surface area contributed by atoms with Crippen molar-refractivity contribution in [1.29, 1.82) is 0 Å². The average Bonchev–Trinajstić information content (AvgIpc) is 2.37. The molecule has 0 aliphatic carbocycles. The van der Waals surface area contributed by atoms with Crippen molar-refractivity contribution in [2.45, 2.75) is 37.0 Å². The summed E-state index contributed by atoms with van der Waals surface area (Å²) in [5.41, 5.74) is 1.53. The molecule has 1 rings (SSSR count). The fourth-order valence-corrected chi connectivity index (χ4v) is 4.27. The molecule has 0 spiro atoms. The maximum atomic E-state index is 12.2. The highest BCUT2D eigenvalue weighted by atomic mass is 79.9. The standard InChI is InChI=1S/C13H19BrO3S/c1-4-13(14,18(16,17)5-2)12(15)11-9-7-6-8-10(11)3/h6-9,12,15H,4-5H2,1-3H3/t12-,13-/m1/s1. The molecule has 0 saturated heterocycles. The van der Waals surface area contributed by atoms with Gasteiger partial charge in [-0.3, -0.25) is 0 Å². The molecule has 1 aromatic carbocycles. The van der Waals surface area contributed by atoms with E-state index in [1.807, 2.05) is 19.1 Å². The molecule has 0 bridgehead atoms. The molecule has 0 aliphatic heterocycles. The van der Waals surface area contributed by atoms with Crippen molar-refractivity contribution in [3.8, 4) is 0 Å². The Labute approximate surface area is 117 Å². The van der Waals surface area contributed by atoms with E-state index in [0.29, 0.717) is 12.0 Å². The Morgan fingerprint density at radius 3 is 2.33 bits per heavy atom. The molecule has 0 aliphatic rings. The molecule has 0 radical (unpaired) electrons. The topological polar surface area (TPSA) is 54.4 Å². The van der Waals surface area contributed by atoms with Gasteiger partial charge in [0.15, 0.2) is 13.5 Å². The lowest BCUT2D eigenvalue weighted by Crippen LogP contribution is -2.39. The number of benzene rings is 1. The summed E-state index contributed by atoms with van der Waals surface area (Å²) in [6.07, 6.45) is -0.771. The first kappa shape index (κ1) is 15.7. The Hall–Kier alpha value is -0.390. The number of halogens is 1. The lowest BCUT2D eigenvalue weighted by Gasteiger charge is -2.31. The van der Waals surface area contributed by atoms with Crippen LogP contribution < -0.4 is 0 Å². The summed E-state index contributed by atoms with van der Waals surface area (Å²) in [7, 11) is -3.41. The maximum Gasteiger partial charge on any atom is 0.168 e. The van der Waals surface area contributed by atoms with Crippen LogP contribution >= 0.6 is 15.9 Å². The van der Waals surface area contributed by atoms with E-state index in [-0.39, 0.29) is 5.75 Å². The maximum absolute atomic E-state index is 12.2. The fourth-order valence-electron chi connectivity index (χ4n) is 1.95. The van der Waals surface area contributed by atoms with Gasteiger partial charge in [-0.25, -0.2) is 8.42 Å². The highest BCUT2D eigenvalue weighted by Crippen LogP contribution is 2.42. The number of aliphatic hydroxyl groups excluding tert-OH is 1. The molecule has 3 nitrogen and oxygen atoms in total. The summed E-state index contributed by atoms with van der Waals surface area (Å²) in [6.45, 7) is 5.20. The minimum Gasteiger partial charge on any atom is -0.386 e. The van der Waals surface area contributed by atoms with Crippen LogP contribution in [0, 0.1) is 6.92 Å². The molecule has 102 valence electrons. The number of aryl methyl sites for hydroxylation is 1. The van der Waals surface area contributed by atoms with Crippen LogP contribution in [0.15, 0.2) is 24.3 Å². The van der Waals surface area contributed by atoms with E-state index in [1.165, 1.54) is 0 Å². The Kier molecular flexibility index (Phi) is 4.98. The Morgan fingerprint density at radius 1 is 1.33 bits per heavy atom. The molecule has 0 aromatic heterocycles. The van der Waals surface area contributed by atoms with E-state index < -0.39 is 19.6 Å². The Balaban J connectivity index is 3.31. The van der Waals surface area contributed by atoms with Crippen molar-refractivity contribution in [2.75, 3.05) is 5.75 Å². The third-order valence-electron chi connectivity index (χ3n) is 3.27. The fraction of sp³-hybridized carbons (Fsp3) is 0.538. The zero-order chi connectivity index (χ0) is 14.0. The largest absolute Gasteiger partial charge is 0.386 e. The zero-order valence-corrected chi connectivity index (χ0v) is 13.3. The van der Waals surface area contributed by atoms with E-state index >= 15 is 0 Å². The first-order chi connectivity index (χ1) is 8.30. The van der Waals surface area contributed by atoms with Crippen LogP contribution in [0.3, 0.4) is 0 Å². The highest BCUT2D eigenvalue weighted by Gasteiger charge is 2.46. The Morgan fingerprint density at radius 2 is 1.89 bits per heavy atom.